The summed E-state index contributed by atoms with van der Waals surface area (Å²) in [5.74, 6) is 0.778. The number of para-hydroxylation sites is 1. The number of furan rings is 1. The van der Waals surface area contributed by atoms with Gasteiger partial charge in [0.25, 0.3) is 5.91 Å². The molecule has 1 N–H and O–H groups in total. The zero-order valence-corrected chi connectivity index (χ0v) is 14.1. The Balaban J connectivity index is 1.74. The molecule has 1 aromatic heterocycles. The lowest BCUT2D eigenvalue weighted by Gasteiger charge is -2.37. The predicted octanol–water partition coefficient (Wildman–Crippen LogP) is 4.61. The van der Waals surface area contributed by atoms with Gasteiger partial charge in [-0.3, -0.25) is 4.79 Å². The highest BCUT2D eigenvalue weighted by molar-refractivity contribution is 6.01. The lowest BCUT2D eigenvalue weighted by atomic mass is 10.0. The predicted molar refractivity (Wildman–Crippen MR) is 97.2 cm³/mol. The Morgan fingerprint density at radius 2 is 1.84 bits per heavy atom. The Morgan fingerprint density at radius 3 is 2.56 bits per heavy atom. The number of anilines is 1. The molecule has 2 heterocycles. The van der Waals surface area contributed by atoms with E-state index in [-0.39, 0.29) is 12.1 Å². The van der Waals surface area contributed by atoms with Crippen molar-refractivity contribution in [1.29, 1.82) is 0 Å². The van der Waals surface area contributed by atoms with Crippen LogP contribution in [-0.2, 0) is 13.0 Å². The van der Waals surface area contributed by atoms with Crippen molar-refractivity contribution < 1.29 is 9.21 Å². The van der Waals surface area contributed by atoms with Crippen LogP contribution in [0.2, 0.25) is 0 Å². The van der Waals surface area contributed by atoms with E-state index in [2.05, 4.69) is 36.5 Å². The molecule has 1 amide bonds. The maximum Gasteiger partial charge on any atom is 0.258 e. The molecule has 25 heavy (non-hydrogen) atoms. The number of carbonyl (C=O) groups is 1. The van der Waals surface area contributed by atoms with E-state index < -0.39 is 0 Å². The molecule has 4 heteroatoms. The van der Waals surface area contributed by atoms with E-state index in [4.69, 9.17) is 4.42 Å². The maximum absolute atomic E-state index is 13.1. The third-order valence-electron chi connectivity index (χ3n) is 4.63. The molecule has 0 spiro atoms. The van der Waals surface area contributed by atoms with Crippen molar-refractivity contribution in [3.8, 4) is 0 Å². The summed E-state index contributed by atoms with van der Waals surface area (Å²) >= 11 is 0. The number of nitrogens with one attached hydrogen (secondary N) is 1. The van der Waals surface area contributed by atoms with Gasteiger partial charge in [0.05, 0.1) is 18.4 Å². The quantitative estimate of drug-likeness (QED) is 0.759. The monoisotopic (exact) mass is 332 g/mol. The van der Waals surface area contributed by atoms with E-state index in [9.17, 15) is 4.79 Å². The van der Waals surface area contributed by atoms with E-state index in [0.29, 0.717) is 12.1 Å². The van der Waals surface area contributed by atoms with Crippen LogP contribution in [0.25, 0.3) is 0 Å². The summed E-state index contributed by atoms with van der Waals surface area (Å²) in [7, 11) is 0. The highest BCUT2D eigenvalue weighted by Gasteiger charge is 2.33. The molecule has 0 fully saturated rings. The van der Waals surface area contributed by atoms with E-state index in [0.717, 1.165) is 23.4 Å². The minimum atomic E-state index is -0.224. The molecule has 0 radical (unpaired) electrons. The largest absolute Gasteiger partial charge is 0.467 e. The first-order chi connectivity index (χ1) is 12.3. The second kappa shape index (κ2) is 6.48. The van der Waals surface area contributed by atoms with Crippen LogP contribution in [0.4, 0.5) is 5.69 Å². The van der Waals surface area contributed by atoms with Crippen LogP contribution in [0, 0.1) is 0 Å². The van der Waals surface area contributed by atoms with Gasteiger partial charge in [-0.1, -0.05) is 43.3 Å². The Bertz CT molecular complexity index is 869. The third-order valence-corrected chi connectivity index (χ3v) is 4.63. The average Bonchev–Trinajstić information content (AvgIpc) is 3.17. The average molecular weight is 332 g/mol. The molecule has 3 aromatic rings. The van der Waals surface area contributed by atoms with Gasteiger partial charge < -0.3 is 14.6 Å². The van der Waals surface area contributed by atoms with Crippen molar-refractivity contribution >= 4 is 11.6 Å². The van der Waals surface area contributed by atoms with Crippen LogP contribution in [0.5, 0.6) is 0 Å². The van der Waals surface area contributed by atoms with E-state index in [1.807, 2.05) is 41.3 Å². The van der Waals surface area contributed by atoms with Crippen LogP contribution in [0.15, 0.2) is 71.3 Å². The van der Waals surface area contributed by atoms with E-state index in [1.165, 1.54) is 5.56 Å². The van der Waals surface area contributed by atoms with Gasteiger partial charge in [-0.15, -0.1) is 0 Å². The number of carbonyl (C=O) groups excluding carboxylic acids is 1. The van der Waals surface area contributed by atoms with Crippen LogP contribution >= 0.6 is 0 Å². The number of hydrogen-bond donors (Lipinski definition) is 1. The molecule has 0 saturated heterocycles. The van der Waals surface area contributed by atoms with Gasteiger partial charge in [0.2, 0.25) is 0 Å². The molecule has 0 unspecified atom stereocenters. The second-order valence-electron chi connectivity index (χ2n) is 6.20. The maximum atomic E-state index is 13.1. The minimum Gasteiger partial charge on any atom is -0.467 e. The molecule has 1 aliphatic heterocycles. The number of rotatable bonds is 4. The molecule has 126 valence electrons. The Morgan fingerprint density at radius 1 is 1.04 bits per heavy atom. The zero-order chi connectivity index (χ0) is 17.2. The van der Waals surface area contributed by atoms with Gasteiger partial charge in [0, 0.05) is 5.69 Å². The molecule has 0 bridgehead atoms. The van der Waals surface area contributed by atoms with Gasteiger partial charge in [-0.05, 0) is 41.8 Å². The molecule has 4 nitrogen and oxygen atoms in total. The number of fused-ring (bicyclic) bond motifs is 1. The first-order valence-corrected chi connectivity index (χ1v) is 8.54. The van der Waals surface area contributed by atoms with Gasteiger partial charge in [0.15, 0.2) is 0 Å². The summed E-state index contributed by atoms with van der Waals surface area (Å²) in [6, 6.07) is 19.8. The highest BCUT2D eigenvalue weighted by Crippen LogP contribution is 2.34. The summed E-state index contributed by atoms with van der Waals surface area (Å²) in [5, 5.41) is 3.51. The van der Waals surface area contributed by atoms with Gasteiger partial charge in [-0.2, -0.15) is 0 Å². The van der Waals surface area contributed by atoms with Crippen molar-refractivity contribution in [1.82, 2.24) is 4.90 Å². The van der Waals surface area contributed by atoms with Gasteiger partial charge >= 0.3 is 0 Å². The normalized spacial score (nSPS) is 16.4. The lowest BCUT2D eigenvalue weighted by Crippen LogP contribution is -2.42. The number of nitrogens with zero attached hydrogens (tertiary/aromatic N) is 1. The molecule has 2 aromatic carbocycles. The van der Waals surface area contributed by atoms with E-state index >= 15 is 0 Å². The molecule has 0 saturated carbocycles. The van der Waals surface area contributed by atoms with Crippen molar-refractivity contribution in [2.24, 2.45) is 0 Å². The number of hydrogen-bond acceptors (Lipinski definition) is 3. The summed E-state index contributed by atoms with van der Waals surface area (Å²) in [4.78, 5) is 14.9. The zero-order valence-electron chi connectivity index (χ0n) is 14.1. The second-order valence-corrected chi connectivity index (χ2v) is 6.20. The smallest absolute Gasteiger partial charge is 0.258 e. The van der Waals surface area contributed by atoms with Crippen LogP contribution in [-0.4, -0.2) is 10.8 Å². The fourth-order valence-corrected chi connectivity index (χ4v) is 3.23. The Kier molecular flexibility index (Phi) is 4.02. The van der Waals surface area contributed by atoms with Crippen molar-refractivity contribution in [3.05, 3.63) is 89.4 Å². The van der Waals surface area contributed by atoms with Crippen molar-refractivity contribution in [3.63, 3.8) is 0 Å². The number of amides is 1. The van der Waals surface area contributed by atoms with Crippen LogP contribution in [0.3, 0.4) is 0 Å². The molecule has 1 aliphatic rings. The van der Waals surface area contributed by atoms with Gasteiger partial charge in [-0.25, -0.2) is 0 Å². The summed E-state index contributed by atoms with van der Waals surface area (Å²) in [6.07, 6.45) is 2.41. The topological polar surface area (TPSA) is 45.5 Å². The molecule has 1 atom stereocenters. The third kappa shape index (κ3) is 2.91. The van der Waals surface area contributed by atoms with Crippen molar-refractivity contribution in [2.75, 3.05) is 5.32 Å². The fraction of sp³-hybridized carbons (Fsp3) is 0.190. The van der Waals surface area contributed by atoms with Crippen LogP contribution < -0.4 is 5.32 Å². The van der Waals surface area contributed by atoms with Crippen molar-refractivity contribution in [2.45, 2.75) is 26.1 Å². The fourth-order valence-electron chi connectivity index (χ4n) is 3.23. The highest BCUT2D eigenvalue weighted by atomic mass is 16.3. The first-order valence-electron chi connectivity index (χ1n) is 8.54. The first kappa shape index (κ1) is 15.5. The molecular weight excluding hydrogens is 312 g/mol. The minimum absolute atomic E-state index is 0.00955. The standard InChI is InChI=1S/C21H20N2O2/c1-2-15-9-11-16(12-10-15)20-22-19-8-4-3-7-18(19)21(24)23(20)14-17-6-5-13-25-17/h3-13,20,22H,2,14H2,1H3/t20-/m1/s1. The lowest BCUT2D eigenvalue weighted by molar-refractivity contribution is 0.0651. The Labute approximate surface area is 147 Å². The SMILES string of the molecule is CCc1ccc([C@@H]2Nc3ccccc3C(=O)N2Cc2ccco2)cc1. The van der Waals surface area contributed by atoms with E-state index in [1.54, 1.807) is 6.26 Å². The summed E-state index contributed by atoms with van der Waals surface area (Å²) < 4.78 is 5.47. The number of aryl methyl sites for hydroxylation is 1. The molecule has 0 aliphatic carbocycles. The number of benzene rings is 2. The van der Waals surface area contributed by atoms with Crippen LogP contribution in [0.1, 0.15) is 40.3 Å². The molecule has 4 rings (SSSR count). The summed E-state index contributed by atoms with van der Waals surface area (Å²) in [6.45, 7) is 2.56. The van der Waals surface area contributed by atoms with Gasteiger partial charge in [0.1, 0.15) is 11.9 Å². The molecular formula is C21H20N2O2. The Hall–Kier alpha value is -3.01. The summed E-state index contributed by atoms with van der Waals surface area (Å²) in [5.41, 5.74) is 3.90.